The van der Waals surface area contributed by atoms with Gasteiger partial charge in [-0.15, -0.1) is 0 Å². The minimum Gasteiger partial charge on any atom is -0.387 e. The van der Waals surface area contributed by atoms with E-state index < -0.39 is 12.5 Å². The lowest BCUT2D eigenvalue weighted by Crippen LogP contribution is -2.30. The number of rotatable bonds is 3. The largest absolute Gasteiger partial charge is 0.387 e. The summed E-state index contributed by atoms with van der Waals surface area (Å²) in [6.07, 6.45) is -0.282. The van der Waals surface area contributed by atoms with E-state index in [9.17, 15) is 13.9 Å². The topological polar surface area (TPSA) is 20.2 Å². The fraction of sp³-hybridized carbons (Fsp3) is 1.00. The van der Waals surface area contributed by atoms with Gasteiger partial charge in [0, 0.05) is 0 Å². The molecule has 0 amide bonds. The van der Waals surface area contributed by atoms with Crippen LogP contribution in [0.25, 0.3) is 0 Å². The summed E-state index contributed by atoms with van der Waals surface area (Å²) in [7, 11) is 0. The molecule has 0 aliphatic heterocycles. The molecule has 1 fully saturated rings. The molecule has 3 unspecified atom stereocenters. The molecule has 14 heavy (non-hydrogen) atoms. The van der Waals surface area contributed by atoms with Crippen LogP contribution < -0.4 is 0 Å². The molecule has 0 bridgehead atoms. The van der Waals surface area contributed by atoms with Gasteiger partial charge in [0.2, 0.25) is 0 Å². The lowest BCUT2D eigenvalue weighted by atomic mass is 9.89. The number of alkyl halides is 2. The predicted octanol–water partition coefficient (Wildman–Crippen LogP) is 3.46. The van der Waals surface area contributed by atoms with E-state index >= 15 is 0 Å². The van der Waals surface area contributed by atoms with E-state index in [2.05, 4.69) is 0 Å². The van der Waals surface area contributed by atoms with Crippen molar-refractivity contribution < 1.29 is 13.9 Å². The first-order chi connectivity index (χ1) is 6.66. The Balaban J connectivity index is 0.000000791. The third-order valence-electron chi connectivity index (χ3n) is 2.94. The van der Waals surface area contributed by atoms with Gasteiger partial charge in [0.25, 0.3) is 6.43 Å². The summed E-state index contributed by atoms with van der Waals surface area (Å²) in [4.78, 5) is 0. The summed E-state index contributed by atoms with van der Waals surface area (Å²) in [6.45, 7) is 6.00. The van der Waals surface area contributed by atoms with Crippen LogP contribution in [0.3, 0.4) is 0 Å². The van der Waals surface area contributed by atoms with Crippen molar-refractivity contribution in [2.75, 3.05) is 0 Å². The lowest BCUT2D eigenvalue weighted by Gasteiger charge is -2.22. The fourth-order valence-electron chi connectivity index (χ4n) is 2.21. The molecule has 1 N–H and O–H groups in total. The summed E-state index contributed by atoms with van der Waals surface area (Å²) in [6, 6.07) is 0. The van der Waals surface area contributed by atoms with Crippen molar-refractivity contribution in [2.24, 2.45) is 11.8 Å². The standard InChI is InChI=1S/C9H16F2O.C2H6/c1-2-6-4-3-5-7(6)8(12)9(10)11;1-2/h6-9,12H,2-5H2,1H3;1-2H3. The Morgan fingerprint density at radius 3 is 2.29 bits per heavy atom. The first-order valence-corrected chi connectivity index (χ1v) is 5.63. The molecule has 3 atom stereocenters. The van der Waals surface area contributed by atoms with Crippen LogP contribution >= 0.6 is 0 Å². The highest BCUT2D eigenvalue weighted by atomic mass is 19.3. The minimum atomic E-state index is -2.57. The van der Waals surface area contributed by atoms with E-state index in [0.717, 1.165) is 25.7 Å². The predicted molar refractivity (Wildman–Crippen MR) is 54.5 cm³/mol. The summed E-state index contributed by atoms with van der Waals surface area (Å²) >= 11 is 0. The molecule has 86 valence electrons. The zero-order chi connectivity index (χ0) is 11.1. The van der Waals surface area contributed by atoms with E-state index in [1.807, 2.05) is 20.8 Å². The Bertz CT molecular complexity index is 139. The average Bonchev–Trinajstić information content (AvgIpc) is 2.67. The van der Waals surface area contributed by atoms with Gasteiger partial charge >= 0.3 is 0 Å². The highest BCUT2D eigenvalue weighted by Crippen LogP contribution is 2.37. The zero-order valence-electron chi connectivity index (χ0n) is 9.34. The van der Waals surface area contributed by atoms with Crippen molar-refractivity contribution in [3.8, 4) is 0 Å². The van der Waals surface area contributed by atoms with Gasteiger partial charge in [-0.3, -0.25) is 0 Å². The molecule has 0 saturated heterocycles. The van der Waals surface area contributed by atoms with Crippen LogP contribution in [0, 0.1) is 11.8 Å². The van der Waals surface area contributed by atoms with Crippen LogP contribution in [-0.2, 0) is 0 Å². The van der Waals surface area contributed by atoms with Crippen molar-refractivity contribution in [3.63, 3.8) is 0 Å². The van der Waals surface area contributed by atoms with E-state index in [4.69, 9.17) is 0 Å². The van der Waals surface area contributed by atoms with Crippen molar-refractivity contribution in [1.29, 1.82) is 0 Å². The summed E-state index contributed by atoms with van der Waals surface area (Å²) in [5, 5.41) is 9.18. The second kappa shape index (κ2) is 7.16. The smallest absolute Gasteiger partial charge is 0.264 e. The number of aliphatic hydroxyl groups is 1. The maximum Gasteiger partial charge on any atom is 0.264 e. The van der Waals surface area contributed by atoms with Crippen LogP contribution in [0.1, 0.15) is 46.5 Å². The highest BCUT2D eigenvalue weighted by molar-refractivity contribution is 4.82. The summed E-state index contributed by atoms with van der Waals surface area (Å²) in [5.41, 5.74) is 0. The number of halogens is 2. The molecule has 0 aromatic heterocycles. The molecule has 0 radical (unpaired) electrons. The Kier molecular flexibility index (Phi) is 7.06. The number of hydrogen-bond donors (Lipinski definition) is 1. The van der Waals surface area contributed by atoms with Gasteiger partial charge in [0.05, 0.1) is 0 Å². The van der Waals surface area contributed by atoms with Gasteiger partial charge in [-0.2, -0.15) is 0 Å². The fourth-order valence-corrected chi connectivity index (χ4v) is 2.21. The molecule has 0 spiro atoms. The second-order valence-electron chi connectivity index (χ2n) is 3.59. The van der Waals surface area contributed by atoms with Gasteiger partial charge in [0.15, 0.2) is 0 Å². The molecule has 0 heterocycles. The first kappa shape index (κ1) is 13.8. The van der Waals surface area contributed by atoms with Gasteiger partial charge in [-0.1, -0.05) is 40.0 Å². The van der Waals surface area contributed by atoms with Crippen LogP contribution in [0.5, 0.6) is 0 Å². The summed E-state index contributed by atoms with van der Waals surface area (Å²) < 4.78 is 24.3. The number of hydrogen-bond acceptors (Lipinski definition) is 1. The first-order valence-electron chi connectivity index (χ1n) is 5.63. The van der Waals surface area contributed by atoms with Gasteiger partial charge < -0.3 is 5.11 Å². The molecule has 1 aliphatic rings. The zero-order valence-corrected chi connectivity index (χ0v) is 9.34. The molecular weight excluding hydrogens is 186 g/mol. The van der Waals surface area contributed by atoms with Gasteiger partial charge in [0.1, 0.15) is 6.10 Å². The molecular formula is C11H22F2O. The van der Waals surface area contributed by atoms with Gasteiger partial charge in [-0.05, 0) is 18.3 Å². The van der Waals surface area contributed by atoms with Crippen molar-refractivity contribution in [3.05, 3.63) is 0 Å². The third kappa shape index (κ3) is 3.52. The lowest BCUT2D eigenvalue weighted by molar-refractivity contribution is -0.0483. The minimum absolute atomic E-state index is 0.157. The third-order valence-corrected chi connectivity index (χ3v) is 2.94. The van der Waals surface area contributed by atoms with Crippen LogP contribution in [0.2, 0.25) is 0 Å². The van der Waals surface area contributed by atoms with E-state index in [0.29, 0.717) is 5.92 Å². The van der Waals surface area contributed by atoms with Crippen molar-refractivity contribution in [1.82, 2.24) is 0 Å². The Morgan fingerprint density at radius 1 is 1.29 bits per heavy atom. The summed E-state index contributed by atoms with van der Waals surface area (Å²) in [5.74, 6) is 0.156. The Hall–Kier alpha value is -0.180. The van der Waals surface area contributed by atoms with Crippen LogP contribution in [0.15, 0.2) is 0 Å². The average molecular weight is 208 g/mol. The van der Waals surface area contributed by atoms with Crippen molar-refractivity contribution in [2.45, 2.75) is 59.0 Å². The quantitative estimate of drug-likeness (QED) is 0.753. The Morgan fingerprint density at radius 2 is 1.86 bits per heavy atom. The normalized spacial score (nSPS) is 28.5. The van der Waals surface area contributed by atoms with Crippen LogP contribution in [-0.4, -0.2) is 17.6 Å². The van der Waals surface area contributed by atoms with E-state index in [1.54, 1.807) is 0 Å². The molecule has 1 rings (SSSR count). The number of aliphatic hydroxyl groups excluding tert-OH is 1. The second-order valence-corrected chi connectivity index (χ2v) is 3.59. The van der Waals surface area contributed by atoms with Crippen molar-refractivity contribution >= 4 is 0 Å². The molecule has 1 aliphatic carbocycles. The highest BCUT2D eigenvalue weighted by Gasteiger charge is 2.35. The maximum absolute atomic E-state index is 12.1. The molecule has 0 aromatic carbocycles. The molecule has 0 aromatic rings. The van der Waals surface area contributed by atoms with E-state index in [1.165, 1.54) is 0 Å². The molecule has 1 saturated carbocycles. The van der Waals surface area contributed by atoms with Gasteiger partial charge in [-0.25, -0.2) is 8.78 Å². The maximum atomic E-state index is 12.1. The van der Waals surface area contributed by atoms with Crippen LogP contribution in [0.4, 0.5) is 8.78 Å². The van der Waals surface area contributed by atoms with E-state index in [-0.39, 0.29) is 5.92 Å². The SMILES string of the molecule is CC.CCC1CCCC1C(O)C(F)F. The Labute approximate surface area is 85.5 Å². The molecule has 3 heteroatoms. The molecule has 1 nitrogen and oxygen atoms in total. The monoisotopic (exact) mass is 208 g/mol.